The van der Waals surface area contributed by atoms with Gasteiger partial charge in [0.05, 0.1) is 11.0 Å². The van der Waals surface area contributed by atoms with Crippen LogP contribution in [0.1, 0.15) is 0 Å². The Morgan fingerprint density at radius 1 is 1.21 bits per heavy atom. The van der Waals surface area contributed by atoms with E-state index in [-0.39, 0.29) is 12.1 Å². The summed E-state index contributed by atoms with van der Waals surface area (Å²) < 4.78 is 16.2. The number of benzene rings is 1. The molecule has 0 saturated carbocycles. The van der Waals surface area contributed by atoms with Crippen molar-refractivity contribution in [1.82, 2.24) is 8.97 Å². The molecule has 0 aliphatic carbocycles. The smallest absolute Gasteiger partial charge is 0.275 e. The number of carbonyl (C=O) groups excluding carboxylic acids is 1. The minimum atomic E-state index is -0.649. The van der Waals surface area contributed by atoms with E-state index in [1.165, 1.54) is 16.7 Å². The molecule has 0 atom stereocenters. The van der Waals surface area contributed by atoms with Crippen molar-refractivity contribution in [2.75, 3.05) is 0 Å². The Kier molecular flexibility index (Phi) is 2.38. The van der Waals surface area contributed by atoms with Gasteiger partial charge in [0.25, 0.3) is 5.56 Å². The maximum absolute atomic E-state index is 13.4. The van der Waals surface area contributed by atoms with E-state index in [4.69, 9.17) is 5.73 Å². The highest BCUT2D eigenvalue weighted by molar-refractivity contribution is 5.82. The summed E-state index contributed by atoms with van der Waals surface area (Å²) in [6, 6.07) is 7.45. The molecule has 0 aliphatic rings. The molecule has 0 unspecified atom stereocenters. The van der Waals surface area contributed by atoms with Gasteiger partial charge in [-0.25, -0.2) is 4.39 Å². The summed E-state index contributed by atoms with van der Waals surface area (Å²) in [7, 11) is 0. The average molecular weight is 259 g/mol. The number of nitrogens with zero attached hydrogens (tertiary/aromatic N) is 2. The number of carbonyl (C=O) groups is 1. The summed E-state index contributed by atoms with van der Waals surface area (Å²) in [6.07, 6.45) is 1.71. The number of halogens is 1. The third-order valence-electron chi connectivity index (χ3n) is 3.01. The molecule has 0 spiro atoms. The topological polar surface area (TPSA) is 69.5 Å². The Morgan fingerprint density at radius 3 is 2.74 bits per heavy atom. The van der Waals surface area contributed by atoms with Crippen LogP contribution in [0.4, 0.5) is 4.39 Å². The van der Waals surface area contributed by atoms with Gasteiger partial charge in [-0.3, -0.25) is 14.2 Å². The molecule has 19 heavy (non-hydrogen) atoms. The van der Waals surface area contributed by atoms with Crippen LogP contribution in [0.25, 0.3) is 16.6 Å². The minimum Gasteiger partial charge on any atom is -0.368 e. The third kappa shape index (κ3) is 1.69. The number of hydrogen-bond donors (Lipinski definition) is 1. The molecule has 5 nitrogen and oxygen atoms in total. The van der Waals surface area contributed by atoms with Gasteiger partial charge in [-0.05, 0) is 30.3 Å². The molecule has 6 heteroatoms. The quantitative estimate of drug-likeness (QED) is 0.742. The highest BCUT2D eigenvalue weighted by Gasteiger charge is 2.12. The fourth-order valence-corrected chi connectivity index (χ4v) is 2.24. The monoisotopic (exact) mass is 259 g/mol. The van der Waals surface area contributed by atoms with E-state index in [1.807, 2.05) is 0 Å². The highest BCUT2D eigenvalue weighted by Crippen LogP contribution is 2.16. The number of aromatic nitrogens is 2. The van der Waals surface area contributed by atoms with E-state index in [1.54, 1.807) is 28.8 Å². The van der Waals surface area contributed by atoms with Crippen LogP contribution in [0.3, 0.4) is 0 Å². The first-order valence-corrected chi connectivity index (χ1v) is 5.65. The molecule has 3 aromatic rings. The number of hydrogen-bond acceptors (Lipinski definition) is 2. The first kappa shape index (κ1) is 11.5. The van der Waals surface area contributed by atoms with Gasteiger partial charge < -0.3 is 10.1 Å². The number of fused-ring (bicyclic) bond motifs is 3. The number of amides is 1. The van der Waals surface area contributed by atoms with Gasteiger partial charge in [0, 0.05) is 6.20 Å². The van der Waals surface area contributed by atoms with Gasteiger partial charge >= 0.3 is 0 Å². The summed E-state index contributed by atoms with van der Waals surface area (Å²) in [5, 5.41) is 0. The summed E-state index contributed by atoms with van der Waals surface area (Å²) >= 11 is 0. The molecular formula is C13H10FN3O2. The van der Waals surface area contributed by atoms with Gasteiger partial charge in [0.1, 0.15) is 17.9 Å². The van der Waals surface area contributed by atoms with E-state index in [0.29, 0.717) is 16.6 Å². The van der Waals surface area contributed by atoms with Crippen LogP contribution < -0.4 is 11.3 Å². The van der Waals surface area contributed by atoms with Crippen molar-refractivity contribution in [3.05, 3.63) is 52.7 Å². The van der Waals surface area contributed by atoms with E-state index in [0.717, 1.165) is 0 Å². The van der Waals surface area contributed by atoms with Crippen molar-refractivity contribution in [2.24, 2.45) is 5.73 Å². The Hall–Kier alpha value is -2.63. The van der Waals surface area contributed by atoms with Crippen LogP contribution in [0.2, 0.25) is 0 Å². The molecule has 1 amide bonds. The van der Waals surface area contributed by atoms with Gasteiger partial charge in [-0.2, -0.15) is 0 Å². The Labute approximate surface area is 106 Å². The molecule has 96 valence electrons. The van der Waals surface area contributed by atoms with E-state index < -0.39 is 11.7 Å². The SMILES string of the molecule is NC(=O)Cn1c(=O)c2cccn2c2ccc(F)cc21. The van der Waals surface area contributed by atoms with Crippen LogP contribution in [0.15, 0.2) is 41.3 Å². The lowest BCUT2D eigenvalue weighted by molar-refractivity contribution is -0.118. The Bertz CT molecular complexity index is 863. The average Bonchev–Trinajstić information content (AvgIpc) is 2.83. The highest BCUT2D eigenvalue weighted by atomic mass is 19.1. The molecule has 2 heterocycles. The van der Waals surface area contributed by atoms with Gasteiger partial charge in [0.15, 0.2) is 0 Å². The second kappa shape index (κ2) is 3.94. The predicted octanol–water partition coefficient (Wildman–Crippen LogP) is 0.879. The van der Waals surface area contributed by atoms with Crippen molar-refractivity contribution in [1.29, 1.82) is 0 Å². The van der Waals surface area contributed by atoms with Crippen LogP contribution in [0, 0.1) is 5.82 Å². The molecule has 0 bridgehead atoms. The van der Waals surface area contributed by atoms with Gasteiger partial charge in [-0.15, -0.1) is 0 Å². The number of nitrogens with two attached hydrogens (primary N) is 1. The molecule has 0 radical (unpaired) electrons. The first-order chi connectivity index (χ1) is 9.08. The maximum Gasteiger partial charge on any atom is 0.275 e. The van der Waals surface area contributed by atoms with Crippen LogP contribution >= 0.6 is 0 Å². The zero-order valence-corrected chi connectivity index (χ0v) is 9.84. The second-order valence-corrected chi connectivity index (χ2v) is 4.25. The molecule has 0 saturated heterocycles. The number of rotatable bonds is 2. The standard InChI is InChI=1S/C13H10FN3O2/c14-8-3-4-9-11(6-8)17(7-12(15)18)13(19)10-2-1-5-16(9)10/h1-6H,7H2,(H2,15,18). The Morgan fingerprint density at radius 2 is 2.00 bits per heavy atom. The third-order valence-corrected chi connectivity index (χ3v) is 3.01. The zero-order chi connectivity index (χ0) is 13.6. The summed E-state index contributed by atoms with van der Waals surface area (Å²) in [6.45, 7) is -0.277. The molecule has 2 N–H and O–H groups in total. The van der Waals surface area contributed by atoms with Crippen LogP contribution in [0.5, 0.6) is 0 Å². The molecule has 2 aromatic heterocycles. The van der Waals surface area contributed by atoms with Crippen LogP contribution in [-0.2, 0) is 11.3 Å². The summed E-state index contributed by atoms with van der Waals surface area (Å²) in [4.78, 5) is 23.3. The molecular weight excluding hydrogens is 249 g/mol. The van der Waals surface area contributed by atoms with Crippen molar-refractivity contribution in [3.63, 3.8) is 0 Å². The van der Waals surface area contributed by atoms with Gasteiger partial charge in [0.2, 0.25) is 5.91 Å². The largest absolute Gasteiger partial charge is 0.368 e. The lowest BCUT2D eigenvalue weighted by Gasteiger charge is -2.11. The predicted molar refractivity (Wildman–Crippen MR) is 68.3 cm³/mol. The molecule has 1 aromatic carbocycles. The van der Waals surface area contributed by atoms with Crippen molar-refractivity contribution in [3.8, 4) is 0 Å². The molecule has 3 rings (SSSR count). The van der Waals surface area contributed by atoms with Crippen molar-refractivity contribution >= 4 is 22.5 Å². The first-order valence-electron chi connectivity index (χ1n) is 5.65. The maximum atomic E-state index is 13.4. The Balaban J connectivity index is 2.54. The fraction of sp³-hybridized carbons (Fsp3) is 0.0769. The molecule has 0 aliphatic heterocycles. The zero-order valence-electron chi connectivity index (χ0n) is 9.84. The summed E-state index contributed by atoms with van der Waals surface area (Å²) in [5.41, 5.74) is 6.17. The summed E-state index contributed by atoms with van der Waals surface area (Å²) in [5.74, 6) is -1.12. The fourth-order valence-electron chi connectivity index (χ4n) is 2.24. The van der Waals surface area contributed by atoms with E-state index in [2.05, 4.69) is 0 Å². The van der Waals surface area contributed by atoms with E-state index >= 15 is 0 Å². The second-order valence-electron chi connectivity index (χ2n) is 4.25. The normalized spacial score (nSPS) is 11.2. The van der Waals surface area contributed by atoms with E-state index in [9.17, 15) is 14.0 Å². The number of primary amides is 1. The lowest BCUT2D eigenvalue weighted by atomic mass is 10.2. The van der Waals surface area contributed by atoms with Crippen LogP contribution in [-0.4, -0.2) is 14.9 Å². The van der Waals surface area contributed by atoms with Crippen molar-refractivity contribution < 1.29 is 9.18 Å². The molecule has 0 fully saturated rings. The van der Waals surface area contributed by atoms with Crippen molar-refractivity contribution in [2.45, 2.75) is 6.54 Å². The minimum absolute atomic E-state index is 0.277. The van der Waals surface area contributed by atoms with Gasteiger partial charge in [-0.1, -0.05) is 0 Å². The lowest BCUT2D eigenvalue weighted by Crippen LogP contribution is -2.29.